The normalized spacial score (nSPS) is 14.9. The summed E-state index contributed by atoms with van der Waals surface area (Å²) in [6.07, 6.45) is 1.68. The highest BCUT2D eigenvalue weighted by Gasteiger charge is 2.22. The van der Waals surface area contributed by atoms with Crippen LogP contribution >= 0.6 is 22.9 Å². The molecule has 1 aromatic heterocycles. The van der Waals surface area contributed by atoms with Crippen molar-refractivity contribution in [3.8, 4) is 6.07 Å². The summed E-state index contributed by atoms with van der Waals surface area (Å²) in [5.74, 6) is 0. The van der Waals surface area contributed by atoms with Crippen LogP contribution in [0.25, 0.3) is 0 Å². The van der Waals surface area contributed by atoms with Crippen molar-refractivity contribution in [2.75, 3.05) is 0 Å². The van der Waals surface area contributed by atoms with E-state index < -0.39 is 0 Å². The summed E-state index contributed by atoms with van der Waals surface area (Å²) in [5, 5.41) is 8.98. The Labute approximate surface area is 88.0 Å². The molecule has 1 aromatic rings. The molecule has 70 valence electrons. The maximum atomic E-state index is 8.98. The molecule has 1 nitrogen and oxygen atoms in total. The lowest BCUT2D eigenvalue weighted by atomic mass is 9.85. The molecule has 0 aliphatic rings. The third-order valence-corrected chi connectivity index (χ3v) is 3.47. The molecule has 0 saturated carbocycles. The fourth-order valence-corrected chi connectivity index (χ4v) is 2.35. The molecule has 0 bridgehead atoms. The van der Waals surface area contributed by atoms with E-state index in [9.17, 15) is 0 Å². The molecule has 1 heterocycles. The standard InChI is InChI=1S/C10H12ClNS/c1-3-10(2,7-12)6-8-4-5-9(11)13-8/h4-5H,3,6H2,1-2H3. The van der Waals surface area contributed by atoms with Gasteiger partial charge in [-0.15, -0.1) is 11.3 Å². The van der Waals surface area contributed by atoms with Crippen molar-refractivity contribution in [2.45, 2.75) is 26.7 Å². The van der Waals surface area contributed by atoms with Crippen LogP contribution in [0.2, 0.25) is 4.34 Å². The van der Waals surface area contributed by atoms with E-state index in [0.29, 0.717) is 0 Å². The number of hydrogen-bond donors (Lipinski definition) is 0. The van der Waals surface area contributed by atoms with E-state index in [1.54, 1.807) is 11.3 Å². The number of halogens is 1. The van der Waals surface area contributed by atoms with E-state index in [1.807, 2.05) is 26.0 Å². The van der Waals surface area contributed by atoms with E-state index in [2.05, 4.69) is 6.07 Å². The summed E-state index contributed by atoms with van der Waals surface area (Å²) >= 11 is 7.37. The lowest BCUT2D eigenvalue weighted by Crippen LogP contribution is -2.14. The van der Waals surface area contributed by atoms with Gasteiger partial charge in [0, 0.05) is 11.3 Å². The van der Waals surface area contributed by atoms with Gasteiger partial charge in [-0.3, -0.25) is 0 Å². The Hall–Kier alpha value is -0.520. The summed E-state index contributed by atoms with van der Waals surface area (Å²) in [4.78, 5) is 1.19. The molecule has 0 radical (unpaired) electrons. The molecular weight excluding hydrogens is 202 g/mol. The topological polar surface area (TPSA) is 23.8 Å². The van der Waals surface area contributed by atoms with Crippen molar-refractivity contribution in [2.24, 2.45) is 5.41 Å². The van der Waals surface area contributed by atoms with E-state index in [0.717, 1.165) is 17.2 Å². The van der Waals surface area contributed by atoms with E-state index in [-0.39, 0.29) is 5.41 Å². The number of nitrogens with zero attached hydrogens (tertiary/aromatic N) is 1. The highest BCUT2D eigenvalue weighted by molar-refractivity contribution is 7.16. The van der Waals surface area contributed by atoms with Crippen molar-refractivity contribution < 1.29 is 0 Å². The number of rotatable bonds is 3. The number of hydrogen-bond acceptors (Lipinski definition) is 2. The molecule has 1 rings (SSSR count). The molecule has 0 saturated heterocycles. The first-order valence-electron chi connectivity index (χ1n) is 4.25. The van der Waals surface area contributed by atoms with Gasteiger partial charge in [0.1, 0.15) is 0 Å². The zero-order valence-corrected chi connectivity index (χ0v) is 9.37. The quantitative estimate of drug-likeness (QED) is 0.748. The monoisotopic (exact) mass is 213 g/mol. The predicted molar refractivity (Wildman–Crippen MR) is 57.0 cm³/mol. The fourth-order valence-electron chi connectivity index (χ4n) is 1.07. The molecule has 0 fully saturated rings. The predicted octanol–water partition coefficient (Wildman–Crippen LogP) is 3.88. The van der Waals surface area contributed by atoms with Crippen LogP contribution < -0.4 is 0 Å². The summed E-state index contributed by atoms with van der Waals surface area (Å²) in [6, 6.07) is 6.23. The Kier molecular flexibility index (Phi) is 3.35. The third kappa shape index (κ3) is 2.72. The van der Waals surface area contributed by atoms with E-state index in [1.165, 1.54) is 4.88 Å². The second-order valence-electron chi connectivity index (χ2n) is 3.41. The van der Waals surface area contributed by atoms with Gasteiger partial charge < -0.3 is 0 Å². The highest BCUT2D eigenvalue weighted by Crippen LogP contribution is 2.30. The van der Waals surface area contributed by atoms with Crippen molar-refractivity contribution in [3.05, 3.63) is 21.3 Å². The van der Waals surface area contributed by atoms with Crippen molar-refractivity contribution >= 4 is 22.9 Å². The molecular formula is C10H12ClNS. The van der Waals surface area contributed by atoms with Crippen LogP contribution in [0.15, 0.2) is 12.1 Å². The van der Waals surface area contributed by atoms with Gasteiger partial charge in [0.05, 0.1) is 15.8 Å². The zero-order chi connectivity index (χ0) is 9.90. The first kappa shape index (κ1) is 10.6. The molecule has 0 aromatic carbocycles. The summed E-state index contributed by atoms with van der Waals surface area (Å²) < 4.78 is 0.798. The summed E-state index contributed by atoms with van der Waals surface area (Å²) in [5.41, 5.74) is -0.242. The van der Waals surface area contributed by atoms with Crippen LogP contribution in [0, 0.1) is 16.7 Å². The SMILES string of the molecule is CCC(C)(C#N)Cc1ccc(Cl)s1. The summed E-state index contributed by atoms with van der Waals surface area (Å²) in [6.45, 7) is 4.03. The van der Waals surface area contributed by atoms with Crippen LogP contribution in [0.3, 0.4) is 0 Å². The van der Waals surface area contributed by atoms with Gasteiger partial charge in [-0.05, 0) is 25.5 Å². The van der Waals surface area contributed by atoms with E-state index in [4.69, 9.17) is 16.9 Å². The van der Waals surface area contributed by atoms with E-state index >= 15 is 0 Å². The number of nitriles is 1. The molecule has 1 unspecified atom stereocenters. The van der Waals surface area contributed by atoms with Gasteiger partial charge in [-0.25, -0.2) is 0 Å². The van der Waals surface area contributed by atoms with Gasteiger partial charge in [0.25, 0.3) is 0 Å². The molecule has 3 heteroatoms. The minimum absolute atomic E-state index is 0.242. The molecule has 0 aliphatic carbocycles. The van der Waals surface area contributed by atoms with Crippen LogP contribution in [0.1, 0.15) is 25.1 Å². The van der Waals surface area contributed by atoms with Crippen LogP contribution in [-0.4, -0.2) is 0 Å². The molecule has 0 spiro atoms. The lowest BCUT2D eigenvalue weighted by Gasteiger charge is -2.17. The molecule has 0 amide bonds. The first-order valence-corrected chi connectivity index (χ1v) is 5.44. The third-order valence-electron chi connectivity index (χ3n) is 2.24. The molecule has 13 heavy (non-hydrogen) atoms. The summed E-state index contributed by atoms with van der Waals surface area (Å²) in [7, 11) is 0. The van der Waals surface area contributed by atoms with Gasteiger partial charge >= 0.3 is 0 Å². The Morgan fingerprint density at radius 2 is 2.31 bits per heavy atom. The van der Waals surface area contributed by atoms with Crippen LogP contribution in [-0.2, 0) is 6.42 Å². The zero-order valence-electron chi connectivity index (χ0n) is 7.80. The van der Waals surface area contributed by atoms with Gasteiger partial charge in [-0.1, -0.05) is 18.5 Å². The van der Waals surface area contributed by atoms with Crippen LogP contribution in [0.5, 0.6) is 0 Å². The van der Waals surface area contributed by atoms with Crippen LogP contribution in [0.4, 0.5) is 0 Å². The maximum absolute atomic E-state index is 8.98. The van der Waals surface area contributed by atoms with Crippen molar-refractivity contribution in [1.29, 1.82) is 5.26 Å². The first-order chi connectivity index (χ1) is 6.09. The Morgan fingerprint density at radius 3 is 2.69 bits per heavy atom. The molecule has 1 atom stereocenters. The average Bonchev–Trinajstić information content (AvgIpc) is 2.51. The second kappa shape index (κ2) is 4.13. The Balaban J connectivity index is 2.74. The smallest absolute Gasteiger partial charge is 0.0931 e. The van der Waals surface area contributed by atoms with Gasteiger partial charge in [0.2, 0.25) is 0 Å². The van der Waals surface area contributed by atoms with Gasteiger partial charge in [0.15, 0.2) is 0 Å². The largest absolute Gasteiger partial charge is 0.198 e. The second-order valence-corrected chi connectivity index (χ2v) is 5.21. The Morgan fingerprint density at radius 1 is 1.62 bits per heavy atom. The molecule has 0 aliphatic heterocycles. The van der Waals surface area contributed by atoms with Gasteiger partial charge in [-0.2, -0.15) is 5.26 Å². The molecule has 0 N–H and O–H groups in total. The fraction of sp³-hybridized carbons (Fsp3) is 0.500. The lowest BCUT2D eigenvalue weighted by molar-refractivity contribution is 0.426. The van der Waals surface area contributed by atoms with Crippen molar-refractivity contribution in [1.82, 2.24) is 0 Å². The average molecular weight is 214 g/mol. The Bertz CT molecular complexity index is 326. The minimum Gasteiger partial charge on any atom is -0.198 e. The highest BCUT2D eigenvalue weighted by atomic mass is 35.5. The number of thiophene rings is 1. The van der Waals surface area contributed by atoms with Crippen molar-refractivity contribution in [3.63, 3.8) is 0 Å². The minimum atomic E-state index is -0.242. The maximum Gasteiger partial charge on any atom is 0.0931 e.